The molecule has 0 saturated carbocycles. The van der Waals surface area contributed by atoms with Gasteiger partial charge in [-0.2, -0.15) is 13.8 Å². The second kappa shape index (κ2) is 7.53. The van der Waals surface area contributed by atoms with Crippen molar-refractivity contribution in [2.75, 3.05) is 6.61 Å². The molecule has 0 saturated heterocycles. The number of ether oxygens (including phenoxy) is 2. The first kappa shape index (κ1) is 15.2. The number of halogens is 2. The van der Waals surface area contributed by atoms with Crippen molar-refractivity contribution < 1.29 is 22.8 Å². The van der Waals surface area contributed by atoms with Crippen LogP contribution in [0.3, 0.4) is 0 Å². The van der Waals surface area contributed by atoms with E-state index in [9.17, 15) is 8.78 Å². The summed E-state index contributed by atoms with van der Waals surface area (Å²) < 4.78 is 38.9. The Labute approximate surface area is 120 Å². The predicted molar refractivity (Wildman–Crippen MR) is 69.1 cm³/mol. The first-order valence-electron chi connectivity index (χ1n) is 6.35. The molecule has 114 valence electrons. The average molecular weight is 299 g/mol. The van der Waals surface area contributed by atoms with Crippen LogP contribution in [0.5, 0.6) is 11.5 Å². The fraction of sp³-hybridized carbons (Fsp3) is 0.385. The lowest BCUT2D eigenvalue weighted by Crippen LogP contribution is -2.14. The van der Waals surface area contributed by atoms with Gasteiger partial charge in [0, 0.05) is 6.54 Å². The maximum atomic E-state index is 12.3. The molecule has 0 bridgehead atoms. The van der Waals surface area contributed by atoms with Crippen molar-refractivity contribution >= 4 is 0 Å². The van der Waals surface area contributed by atoms with Gasteiger partial charge < -0.3 is 19.3 Å². The second-order valence-electron chi connectivity index (χ2n) is 4.04. The summed E-state index contributed by atoms with van der Waals surface area (Å²) in [7, 11) is 0. The summed E-state index contributed by atoms with van der Waals surface area (Å²) in [5.74, 6) is 0.850. The molecule has 2 aromatic rings. The van der Waals surface area contributed by atoms with E-state index in [0.29, 0.717) is 25.5 Å². The minimum atomic E-state index is -2.88. The highest BCUT2D eigenvalue weighted by Gasteiger charge is 2.11. The van der Waals surface area contributed by atoms with Crippen molar-refractivity contribution in [2.45, 2.75) is 26.6 Å². The van der Waals surface area contributed by atoms with Crippen LogP contribution in [0.1, 0.15) is 18.3 Å². The van der Waals surface area contributed by atoms with Crippen LogP contribution in [-0.4, -0.2) is 23.4 Å². The van der Waals surface area contributed by atoms with Crippen molar-refractivity contribution in [1.82, 2.24) is 15.5 Å². The summed E-state index contributed by atoms with van der Waals surface area (Å²) in [6.45, 7) is 0.192. The van der Waals surface area contributed by atoms with E-state index >= 15 is 0 Å². The highest BCUT2D eigenvalue weighted by atomic mass is 19.3. The van der Waals surface area contributed by atoms with Gasteiger partial charge in [-0.3, -0.25) is 0 Å². The van der Waals surface area contributed by atoms with Crippen molar-refractivity contribution in [2.24, 2.45) is 0 Å². The molecule has 0 amide bonds. The van der Waals surface area contributed by atoms with Crippen molar-refractivity contribution in [3.05, 3.63) is 36.0 Å². The van der Waals surface area contributed by atoms with Gasteiger partial charge in [-0.25, -0.2) is 0 Å². The Bertz CT molecular complexity index is 550. The molecular weight excluding hydrogens is 284 g/mol. The van der Waals surface area contributed by atoms with Crippen LogP contribution < -0.4 is 14.8 Å². The molecule has 0 fully saturated rings. The monoisotopic (exact) mass is 299 g/mol. The molecule has 0 aliphatic heterocycles. The number of hydrogen-bond acceptors (Lipinski definition) is 6. The zero-order chi connectivity index (χ0) is 15.1. The second-order valence-corrected chi connectivity index (χ2v) is 4.04. The van der Waals surface area contributed by atoms with Gasteiger partial charge in [-0.1, -0.05) is 11.2 Å². The topological polar surface area (TPSA) is 69.4 Å². The zero-order valence-corrected chi connectivity index (χ0v) is 11.4. The number of nitrogens with zero attached hydrogens (tertiary/aromatic N) is 2. The van der Waals surface area contributed by atoms with Gasteiger partial charge in [-0.15, -0.1) is 0 Å². The highest BCUT2D eigenvalue weighted by molar-refractivity contribution is 5.43. The van der Waals surface area contributed by atoms with Gasteiger partial charge in [0.2, 0.25) is 6.39 Å². The molecule has 6 nitrogen and oxygen atoms in total. The Kier molecular flexibility index (Phi) is 5.44. The molecule has 1 heterocycles. The van der Waals surface area contributed by atoms with Gasteiger partial charge in [0.05, 0.1) is 13.2 Å². The quantitative estimate of drug-likeness (QED) is 0.807. The van der Waals surface area contributed by atoms with Crippen LogP contribution in [0.25, 0.3) is 0 Å². The van der Waals surface area contributed by atoms with Gasteiger partial charge >= 0.3 is 6.61 Å². The number of benzene rings is 1. The molecule has 0 aliphatic carbocycles. The Balaban J connectivity index is 1.97. The maximum absolute atomic E-state index is 12.3. The summed E-state index contributed by atoms with van der Waals surface area (Å²) in [4.78, 5) is 3.87. The highest BCUT2D eigenvalue weighted by Crippen LogP contribution is 2.29. The third-order valence-electron chi connectivity index (χ3n) is 2.54. The smallest absolute Gasteiger partial charge is 0.387 e. The molecule has 1 aromatic heterocycles. The number of nitrogens with one attached hydrogen (secondary N) is 1. The van der Waals surface area contributed by atoms with E-state index in [2.05, 4.69) is 24.7 Å². The Morgan fingerprint density at radius 1 is 1.29 bits per heavy atom. The Hall–Kier alpha value is -2.22. The van der Waals surface area contributed by atoms with Crippen LogP contribution in [0.2, 0.25) is 0 Å². The number of rotatable bonds is 8. The summed E-state index contributed by atoms with van der Waals surface area (Å²) in [5, 5.41) is 6.77. The van der Waals surface area contributed by atoms with E-state index in [1.54, 1.807) is 19.1 Å². The van der Waals surface area contributed by atoms with Gasteiger partial charge in [0.15, 0.2) is 17.3 Å². The summed E-state index contributed by atoms with van der Waals surface area (Å²) in [6, 6.07) is 4.80. The van der Waals surface area contributed by atoms with E-state index in [-0.39, 0.29) is 11.5 Å². The fourth-order valence-corrected chi connectivity index (χ4v) is 1.71. The van der Waals surface area contributed by atoms with Gasteiger partial charge in [0.25, 0.3) is 0 Å². The fourth-order valence-electron chi connectivity index (χ4n) is 1.71. The molecule has 0 radical (unpaired) electrons. The number of alkyl halides is 2. The molecule has 21 heavy (non-hydrogen) atoms. The van der Waals surface area contributed by atoms with Crippen LogP contribution in [0, 0.1) is 0 Å². The third-order valence-corrected chi connectivity index (χ3v) is 2.54. The predicted octanol–water partition coefficient (Wildman–Crippen LogP) is 2.36. The van der Waals surface area contributed by atoms with Gasteiger partial charge in [-0.05, 0) is 24.6 Å². The number of aromatic nitrogens is 2. The number of hydrogen-bond donors (Lipinski definition) is 1. The van der Waals surface area contributed by atoms with Gasteiger partial charge in [0.1, 0.15) is 0 Å². The van der Waals surface area contributed by atoms with Crippen LogP contribution in [-0.2, 0) is 13.1 Å². The summed E-state index contributed by atoms with van der Waals surface area (Å²) in [6.07, 6.45) is 1.25. The third kappa shape index (κ3) is 4.67. The zero-order valence-electron chi connectivity index (χ0n) is 11.4. The minimum Gasteiger partial charge on any atom is -0.490 e. The van der Waals surface area contributed by atoms with E-state index < -0.39 is 6.61 Å². The lowest BCUT2D eigenvalue weighted by molar-refractivity contribution is -0.0514. The maximum Gasteiger partial charge on any atom is 0.387 e. The molecule has 0 atom stereocenters. The first-order valence-corrected chi connectivity index (χ1v) is 6.35. The Morgan fingerprint density at radius 3 is 2.81 bits per heavy atom. The summed E-state index contributed by atoms with van der Waals surface area (Å²) in [5.41, 5.74) is 0.864. The largest absolute Gasteiger partial charge is 0.490 e. The average Bonchev–Trinajstić information content (AvgIpc) is 2.94. The SMILES string of the molecule is CCOc1cc(CNCc2ncon2)ccc1OC(F)F. The lowest BCUT2D eigenvalue weighted by atomic mass is 10.2. The van der Waals surface area contributed by atoms with Crippen LogP contribution in [0.4, 0.5) is 8.78 Å². The molecule has 1 N–H and O–H groups in total. The molecule has 0 unspecified atom stereocenters. The van der Waals surface area contributed by atoms with Crippen LogP contribution in [0.15, 0.2) is 29.1 Å². The van der Waals surface area contributed by atoms with Crippen LogP contribution >= 0.6 is 0 Å². The standard InChI is InChI=1S/C13H15F2N3O3/c1-2-19-11-5-9(3-4-10(11)21-13(14)15)6-16-7-12-17-8-20-18-12/h3-5,8,13,16H,2,6-7H2,1H3. The molecule has 8 heteroatoms. The summed E-state index contributed by atoms with van der Waals surface area (Å²) >= 11 is 0. The van der Waals surface area contributed by atoms with Crippen molar-refractivity contribution in [1.29, 1.82) is 0 Å². The van der Waals surface area contributed by atoms with E-state index in [4.69, 9.17) is 4.74 Å². The van der Waals surface area contributed by atoms with Crippen molar-refractivity contribution in [3.8, 4) is 11.5 Å². The van der Waals surface area contributed by atoms with E-state index in [0.717, 1.165) is 5.56 Å². The normalized spacial score (nSPS) is 10.9. The lowest BCUT2D eigenvalue weighted by Gasteiger charge is -2.12. The molecule has 1 aromatic carbocycles. The van der Waals surface area contributed by atoms with Crippen molar-refractivity contribution in [3.63, 3.8) is 0 Å². The molecular formula is C13H15F2N3O3. The molecule has 2 rings (SSSR count). The minimum absolute atomic E-state index is 0.0220. The van der Waals surface area contributed by atoms with E-state index in [1.165, 1.54) is 12.5 Å². The molecule has 0 spiro atoms. The Morgan fingerprint density at radius 2 is 2.14 bits per heavy atom. The first-order chi connectivity index (χ1) is 10.2. The van der Waals surface area contributed by atoms with E-state index in [1.807, 2.05) is 0 Å². The molecule has 0 aliphatic rings.